The number of ether oxygens (including phenoxy) is 3. The van der Waals surface area contributed by atoms with Gasteiger partial charge in [0.15, 0.2) is 0 Å². The summed E-state index contributed by atoms with van der Waals surface area (Å²) in [6.07, 6.45) is -2.37. The van der Waals surface area contributed by atoms with E-state index in [2.05, 4.69) is 13.6 Å². The molecule has 4 unspecified atom stereocenters. The maximum atomic E-state index is 12.2. The van der Waals surface area contributed by atoms with Crippen molar-refractivity contribution in [2.75, 3.05) is 6.35 Å². The summed E-state index contributed by atoms with van der Waals surface area (Å²) in [5.41, 5.74) is -1.32. The molecular weight excluding hydrogens is 501 g/mol. The third kappa shape index (κ3) is 6.39. The van der Waals surface area contributed by atoms with Crippen molar-refractivity contribution in [3.63, 3.8) is 0 Å². The van der Waals surface area contributed by atoms with Crippen LogP contribution >= 0.6 is 23.6 Å². The third-order valence-electron chi connectivity index (χ3n) is 4.51. The van der Waals surface area contributed by atoms with Crippen molar-refractivity contribution < 1.29 is 56.4 Å². The Morgan fingerprint density at radius 1 is 1.22 bits per heavy atom. The second-order valence-electron chi connectivity index (χ2n) is 7.57. The van der Waals surface area contributed by atoms with E-state index in [1.54, 1.807) is 13.8 Å². The van der Waals surface area contributed by atoms with E-state index < -0.39 is 71.3 Å². The molecule has 2 fully saturated rings. The Labute approximate surface area is 180 Å². The fourth-order valence-corrected chi connectivity index (χ4v) is 7.11. The first-order valence-corrected chi connectivity index (χ1v) is 14.0. The Bertz CT molecular complexity index is 1060. The average molecular weight is 524 g/mol. The predicted octanol–water partition coefficient (Wildman–Crippen LogP) is -0.950. The number of phosphoric acid groups is 1. The first-order chi connectivity index (χ1) is 14.5. The van der Waals surface area contributed by atoms with Crippen molar-refractivity contribution in [2.45, 2.75) is 50.4 Å². The van der Waals surface area contributed by atoms with Gasteiger partial charge >= 0.3 is 169 Å². The molecule has 2 aliphatic rings. The molecule has 2 heterocycles. The van der Waals surface area contributed by atoms with Crippen LogP contribution in [0.4, 0.5) is 0 Å². The fraction of sp³-hybridized carbons (Fsp3) is 0.692. The van der Waals surface area contributed by atoms with E-state index in [9.17, 15) is 28.5 Å². The van der Waals surface area contributed by atoms with Crippen LogP contribution in [-0.2, 0) is 32.0 Å². The van der Waals surface area contributed by atoms with Gasteiger partial charge in [-0.1, -0.05) is 0 Å². The van der Waals surface area contributed by atoms with Crippen molar-refractivity contribution in [3.8, 4) is 0 Å². The molecule has 1 saturated carbocycles. The quantitative estimate of drug-likeness (QED) is 0.225. The van der Waals surface area contributed by atoms with Gasteiger partial charge in [0.05, 0.1) is 0 Å². The van der Waals surface area contributed by atoms with Crippen molar-refractivity contribution >= 4 is 23.6 Å². The van der Waals surface area contributed by atoms with Gasteiger partial charge in [0.1, 0.15) is 0 Å². The van der Waals surface area contributed by atoms with E-state index in [0.717, 1.165) is 6.07 Å². The van der Waals surface area contributed by atoms with Crippen LogP contribution in [0.15, 0.2) is 21.9 Å². The fourth-order valence-electron chi connectivity index (χ4n) is 3.58. The van der Waals surface area contributed by atoms with Gasteiger partial charge in [-0.05, 0) is 0 Å². The number of fused-ring (bicyclic) bond motifs is 1. The van der Waals surface area contributed by atoms with Gasteiger partial charge in [0, 0.05) is 0 Å². The molecule has 0 amide bonds. The number of nitrogens with one attached hydrogen (secondary N) is 1. The molecule has 19 heteroatoms. The molecule has 1 aromatic heterocycles. The molecule has 0 spiro atoms. The maximum absolute atomic E-state index is 12.2. The van der Waals surface area contributed by atoms with Gasteiger partial charge < -0.3 is 0 Å². The summed E-state index contributed by atoms with van der Waals surface area (Å²) in [6.45, 7) is 3.20. The van der Waals surface area contributed by atoms with Crippen LogP contribution in [0.1, 0.15) is 26.3 Å². The van der Waals surface area contributed by atoms with Crippen LogP contribution in [0, 0.1) is 0 Å². The first-order valence-electron chi connectivity index (χ1n) is 8.99. The van der Waals surface area contributed by atoms with Crippen molar-refractivity contribution in [1.82, 2.24) is 9.55 Å². The van der Waals surface area contributed by atoms with Crippen LogP contribution in [0.5, 0.6) is 0 Å². The summed E-state index contributed by atoms with van der Waals surface area (Å²) < 4.78 is 49.5. The topological polar surface area (TPSA) is 236 Å². The third-order valence-corrected chi connectivity index (χ3v) is 8.74. The Morgan fingerprint density at radius 2 is 1.84 bits per heavy atom. The number of rotatable bonds is 8. The van der Waals surface area contributed by atoms with Crippen LogP contribution in [-0.4, -0.2) is 64.5 Å². The molecule has 0 radical (unpaired) electrons. The molecule has 184 valence electrons. The van der Waals surface area contributed by atoms with E-state index in [4.69, 9.17) is 28.9 Å². The number of H-pyrrole nitrogens is 1. The summed E-state index contributed by atoms with van der Waals surface area (Å²) >= 11 is 0. The van der Waals surface area contributed by atoms with E-state index in [-0.39, 0.29) is 6.42 Å². The number of aromatic amines is 1. The number of hydrogen-bond acceptors (Lipinski definition) is 12. The molecular formula is C13H23N2O14P3. The number of hydrogen-bond donors (Lipinski definition) is 6. The van der Waals surface area contributed by atoms with Gasteiger partial charge in [-0.2, -0.15) is 0 Å². The van der Waals surface area contributed by atoms with Crippen LogP contribution < -0.4 is 11.2 Å². The number of aromatic nitrogens is 2. The zero-order valence-electron chi connectivity index (χ0n) is 16.6. The molecule has 1 aliphatic carbocycles. The molecule has 6 atom stereocenters. The first kappa shape index (κ1) is 25.8. The Morgan fingerprint density at radius 3 is 2.44 bits per heavy atom. The summed E-state index contributed by atoms with van der Waals surface area (Å²) in [5, 5.41) is 0. The van der Waals surface area contributed by atoms with Crippen molar-refractivity contribution in [2.24, 2.45) is 0 Å². The van der Waals surface area contributed by atoms with Gasteiger partial charge in [0.2, 0.25) is 0 Å². The minimum absolute atomic E-state index is 0.0323. The molecule has 1 saturated heterocycles. The number of nitrogens with zero attached hydrogens (tertiary/aromatic N) is 1. The summed E-state index contributed by atoms with van der Waals surface area (Å²) in [6, 6.07) is 0.444. The molecule has 32 heavy (non-hydrogen) atoms. The van der Waals surface area contributed by atoms with Crippen LogP contribution in [0.25, 0.3) is 0 Å². The van der Waals surface area contributed by atoms with Gasteiger partial charge in [-0.25, -0.2) is 0 Å². The summed E-state index contributed by atoms with van der Waals surface area (Å²) in [4.78, 5) is 70.9. The predicted molar refractivity (Wildman–Crippen MR) is 105 cm³/mol. The Kier molecular flexibility index (Phi) is 7.05. The second kappa shape index (κ2) is 8.75. The SMILES string of the molecule is CC1(C)OC2C(O1)[C@H](n1ccc(=O)[nH]c1=O)C[C@@H]2OCP(=O)(O)OP(=O)(O)O[PH](O)(O)O. The standard InChI is InChI=1S/C13H23N2O14P3/c1-13(2)26-10-7(15-4-3-9(16)14-12(15)17)5-8(11(10)27-13)25-6-30(18,19)28-32(23,24)29-31(20,21)22/h3-4,7-8,10-11,20-22,31H,5-6H2,1-2H3,(H,18,19)(H,23,24)(H,14,16,17)/t7-,8+,10?,11?/m1/s1. The molecule has 3 rings (SSSR count). The van der Waals surface area contributed by atoms with Crippen LogP contribution in [0.3, 0.4) is 0 Å². The average Bonchev–Trinajstić information content (AvgIpc) is 3.03. The van der Waals surface area contributed by atoms with E-state index >= 15 is 0 Å². The van der Waals surface area contributed by atoms with Crippen LogP contribution in [0.2, 0.25) is 0 Å². The van der Waals surface area contributed by atoms with Crippen molar-refractivity contribution in [3.05, 3.63) is 33.1 Å². The van der Waals surface area contributed by atoms with Gasteiger partial charge in [-0.3, -0.25) is 4.79 Å². The summed E-state index contributed by atoms with van der Waals surface area (Å²) in [5.74, 6) is -1.09. The molecule has 1 aromatic rings. The molecule has 0 aromatic carbocycles. The molecule has 0 bridgehead atoms. The normalized spacial score (nSPS) is 31.6. The summed E-state index contributed by atoms with van der Waals surface area (Å²) in [7, 11) is -16.1. The van der Waals surface area contributed by atoms with E-state index in [1.165, 1.54) is 10.8 Å². The van der Waals surface area contributed by atoms with Crippen molar-refractivity contribution in [1.29, 1.82) is 0 Å². The zero-order valence-corrected chi connectivity index (χ0v) is 19.4. The Hall–Kier alpha value is -0.830. The minimum atomic E-state index is -5.54. The van der Waals surface area contributed by atoms with Gasteiger partial charge in [-0.15, -0.1) is 0 Å². The van der Waals surface area contributed by atoms with E-state index in [0.29, 0.717) is 0 Å². The Balaban J connectivity index is 1.75. The van der Waals surface area contributed by atoms with E-state index in [1.807, 2.05) is 0 Å². The molecule has 6 N–H and O–H groups in total. The zero-order chi connectivity index (χ0) is 24.1. The monoisotopic (exact) mass is 524 g/mol. The molecule has 16 nitrogen and oxygen atoms in total. The molecule has 1 aliphatic heterocycles. The van der Waals surface area contributed by atoms with Gasteiger partial charge in [0.25, 0.3) is 5.56 Å². The second-order valence-corrected chi connectivity index (χ2v) is 12.6.